The van der Waals surface area contributed by atoms with Gasteiger partial charge in [-0.05, 0) is 24.6 Å². The summed E-state index contributed by atoms with van der Waals surface area (Å²) in [5, 5.41) is 0. The van der Waals surface area contributed by atoms with E-state index >= 15 is 0 Å². The van der Waals surface area contributed by atoms with Crippen LogP contribution in [0, 0.1) is 0 Å². The molecule has 0 N–H and O–H groups in total. The number of hydrogen-bond acceptors (Lipinski definition) is 4. The molecule has 0 bridgehead atoms. The topological polar surface area (TPSA) is 52.6 Å². The Labute approximate surface area is 99.6 Å². The molecule has 0 heterocycles. The Morgan fingerprint density at radius 1 is 1.31 bits per heavy atom. The zero-order valence-corrected chi connectivity index (χ0v) is 10.6. The van der Waals surface area contributed by atoms with Gasteiger partial charge in [-0.15, -0.1) is 0 Å². The highest BCUT2D eigenvalue weighted by molar-refractivity contribution is 8.13. The van der Waals surface area contributed by atoms with Gasteiger partial charge in [-0.2, -0.15) is 0 Å². The highest BCUT2D eigenvalue weighted by atomic mass is 35.7. The fourth-order valence-electron chi connectivity index (χ4n) is 1.28. The van der Waals surface area contributed by atoms with E-state index in [1.165, 1.54) is 7.11 Å². The summed E-state index contributed by atoms with van der Waals surface area (Å²) >= 11 is 0. The van der Waals surface area contributed by atoms with Crippen molar-refractivity contribution in [1.29, 1.82) is 0 Å². The molecular formula is C10H13ClO4S. The molecule has 0 radical (unpaired) electrons. The van der Waals surface area contributed by atoms with Gasteiger partial charge in [-0.3, -0.25) is 0 Å². The summed E-state index contributed by atoms with van der Waals surface area (Å²) < 4.78 is 32.2. The van der Waals surface area contributed by atoms with Crippen molar-refractivity contribution in [3.63, 3.8) is 0 Å². The summed E-state index contributed by atoms with van der Waals surface area (Å²) in [6.07, 6.45) is 0. The SMILES string of the molecule is CCOc1ccc(CS(=O)(=O)Cl)cc1OC. The average Bonchev–Trinajstić information content (AvgIpc) is 2.18. The van der Waals surface area contributed by atoms with Crippen LogP contribution in [-0.2, 0) is 14.8 Å². The second kappa shape index (κ2) is 5.41. The largest absolute Gasteiger partial charge is 0.493 e. The molecule has 0 aliphatic heterocycles. The lowest BCUT2D eigenvalue weighted by Crippen LogP contribution is -1.99. The molecular weight excluding hydrogens is 252 g/mol. The van der Waals surface area contributed by atoms with Gasteiger partial charge in [0.05, 0.1) is 19.5 Å². The van der Waals surface area contributed by atoms with E-state index in [0.717, 1.165) is 0 Å². The first-order valence-corrected chi connectivity index (χ1v) is 7.16. The van der Waals surface area contributed by atoms with Crippen LogP contribution in [0.15, 0.2) is 18.2 Å². The predicted molar refractivity (Wildman–Crippen MR) is 62.6 cm³/mol. The number of ether oxygens (including phenoxy) is 2. The lowest BCUT2D eigenvalue weighted by molar-refractivity contribution is 0.311. The highest BCUT2D eigenvalue weighted by Gasteiger charge is 2.10. The van der Waals surface area contributed by atoms with E-state index in [1.54, 1.807) is 18.2 Å². The lowest BCUT2D eigenvalue weighted by atomic mass is 10.2. The Bertz CT molecular complexity index is 456. The minimum absolute atomic E-state index is 0.225. The van der Waals surface area contributed by atoms with Crippen molar-refractivity contribution in [3.05, 3.63) is 23.8 Å². The molecule has 0 aromatic heterocycles. The smallest absolute Gasteiger partial charge is 0.236 e. The van der Waals surface area contributed by atoms with Crippen LogP contribution in [0.2, 0.25) is 0 Å². The summed E-state index contributed by atoms with van der Waals surface area (Å²) in [6.45, 7) is 2.38. The molecule has 1 rings (SSSR count). The van der Waals surface area contributed by atoms with Crippen LogP contribution in [0.5, 0.6) is 11.5 Å². The van der Waals surface area contributed by atoms with Crippen LogP contribution >= 0.6 is 10.7 Å². The van der Waals surface area contributed by atoms with Crippen LogP contribution in [0.1, 0.15) is 12.5 Å². The van der Waals surface area contributed by atoms with Crippen LogP contribution < -0.4 is 9.47 Å². The third-order valence-electron chi connectivity index (χ3n) is 1.87. The molecule has 0 aliphatic carbocycles. The lowest BCUT2D eigenvalue weighted by Gasteiger charge is -2.10. The maximum absolute atomic E-state index is 10.9. The van der Waals surface area contributed by atoms with Crippen LogP contribution in [0.4, 0.5) is 0 Å². The van der Waals surface area contributed by atoms with Gasteiger partial charge in [0.1, 0.15) is 0 Å². The second-order valence-corrected chi connectivity index (χ2v) is 5.88. The number of methoxy groups -OCH3 is 1. The van der Waals surface area contributed by atoms with Gasteiger partial charge in [-0.25, -0.2) is 8.42 Å². The minimum Gasteiger partial charge on any atom is -0.493 e. The van der Waals surface area contributed by atoms with Gasteiger partial charge >= 0.3 is 0 Å². The van der Waals surface area contributed by atoms with E-state index in [9.17, 15) is 8.42 Å². The van der Waals surface area contributed by atoms with Gasteiger partial charge in [-0.1, -0.05) is 6.07 Å². The zero-order valence-electron chi connectivity index (χ0n) is 9.07. The number of hydrogen-bond donors (Lipinski definition) is 0. The Morgan fingerprint density at radius 2 is 2.00 bits per heavy atom. The van der Waals surface area contributed by atoms with Crippen molar-refractivity contribution >= 4 is 19.7 Å². The molecule has 6 heteroatoms. The number of halogens is 1. The summed E-state index contributed by atoms with van der Waals surface area (Å²) in [6, 6.07) is 4.91. The molecule has 16 heavy (non-hydrogen) atoms. The maximum atomic E-state index is 10.9. The third-order valence-corrected chi connectivity index (χ3v) is 2.87. The first-order chi connectivity index (χ1) is 7.46. The van der Waals surface area contributed by atoms with E-state index in [1.807, 2.05) is 6.92 Å². The van der Waals surface area contributed by atoms with E-state index in [0.29, 0.717) is 23.7 Å². The highest BCUT2D eigenvalue weighted by Crippen LogP contribution is 2.28. The van der Waals surface area contributed by atoms with Crippen molar-refractivity contribution < 1.29 is 17.9 Å². The van der Waals surface area contributed by atoms with Crippen molar-refractivity contribution in [2.24, 2.45) is 0 Å². The predicted octanol–water partition coefficient (Wildman–Crippen LogP) is 2.16. The zero-order chi connectivity index (χ0) is 12.2. The Hall–Kier alpha value is -0.940. The fraction of sp³-hybridized carbons (Fsp3) is 0.400. The number of rotatable bonds is 5. The summed E-state index contributed by atoms with van der Waals surface area (Å²) in [7, 11) is 3.11. The summed E-state index contributed by atoms with van der Waals surface area (Å²) in [4.78, 5) is 0. The van der Waals surface area contributed by atoms with Crippen LogP contribution in [-0.4, -0.2) is 22.1 Å². The van der Waals surface area contributed by atoms with Gasteiger partial charge < -0.3 is 9.47 Å². The molecule has 0 spiro atoms. The summed E-state index contributed by atoms with van der Waals surface area (Å²) in [5.41, 5.74) is 0.565. The van der Waals surface area contributed by atoms with Crippen LogP contribution in [0.3, 0.4) is 0 Å². The van der Waals surface area contributed by atoms with Crippen molar-refractivity contribution in [2.45, 2.75) is 12.7 Å². The molecule has 0 fully saturated rings. The molecule has 0 unspecified atom stereocenters. The van der Waals surface area contributed by atoms with Gasteiger partial charge in [0, 0.05) is 10.7 Å². The number of benzene rings is 1. The van der Waals surface area contributed by atoms with E-state index in [2.05, 4.69) is 0 Å². The average molecular weight is 265 g/mol. The third kappa shape index (κ3) is 3.90. The molecule has 90 valence electrons. The molecule has 0 saturated carbocycles. The monoisotopic (exact) mass is 264 g/mol. The Kier molecular flexibility index (Phi) is 4.44. The molecule has 0 aliphatic rings. The van der Waals surface area contributed by atoms with Gasteiger partial charge in [0.2, 0.25) is 9.05 Å². The van der Waals surface area contributed by atoms with Gasteiger partial charge in [0.25, 0.3) is 0 Å². The molecule has 4 nitrogen and oxygen atoms in total. The molecule has 0 amide bonds. The van der Waals surface area contributed by atoms with Crippen molar-refractivity contribution in [3.8, 4) is 11.5 Å². The molecule has 1 aromatic carbocycles. The van der Waals surface area contributed by atoms with E-state index in [-0.39, 0.29) is 5.75 Å². The first kappa shape index (κ1) is 13.1. The Morgan fingerprint density at radius 3 is 2.50 bits per heavy atom. The van der Waals surface area contributed by atoms with E-state index < -0.39 is 9.05 Å². The van der Waals surface area contributed by atoms with Crippen molar-refractivity contribution in [1.82, 2.24) is 0 Å². The van der Waals surface area contributed by atoms with Crippen LogP contribution in [0.25, 0.3) is 0 Å². The van der Waals surface area contributed by atoms with E-state index in [4.69, 9.17) is 20.2 Å². The quantitative estimate of drug-likeness (QED) is 0.765. The second-order valence-electron chi connectivity index (χ2n) is 3.10. The normalized spacial score (nSPS) is 11.2. The molecule has 0 atom stereocenters. The van der Waals surface area contributed by atoms with Gasteiger partial charge in [0.15, 0.2) is 11.5 Å². The maximum Gasteiger partial charge on any atom is 0.236 e. The summed E-state index contributed by atoms with van der Waals surface area (Å²) in [5.74, 6) is 0.859. The molecule has 0 saturated heterocycles. The van der Waals surface area contributed by atoms with Crippen molar-refractivity contribution in [2.75, 3.05) is 13.7 Å². The Balaban J connectivity index is 2.99. The minimum atomic E-state index is -3.55. The fourth-order valence-corrected chi connectivity index (χ4v) is 2.23. The standard InChI is InChI=1S/C10H13ClO4S/c1-3-15-9-5-4-8(6-10(9)14-2)7-16(11,12)13/h4-6H,3,7H2,1-2H3. The molecule has 1 aromatic rings. The first-order valence-electron chi connectivity index (χ1n) is 4.68.